The van der Waals surface area contributed by atoms with E-state index >= 15 is 0 Å². The number of nitrogens with zero attached hydrogens (tertiary/aromatic N) is 2. The molecule has 1 heterocycles. The van der Waals surface area contributed by atoms with Gasteiger partial charge in [0.2, 0.25) is 10.0 Å². The fraction of sp³-hybridized carbons (Fsp3) is 0.308. The second-order valence-corrected chi connectivity index (χ2v) is 6.36. The van der Waals surface area contributed by atoms with Crippen LogP contribution in [0, 0.1) is 5.82 Å². The average molecular weight is 312 g/mol. The van der Waals surface area contributed by atoms with Gasteiger partial charge in [0.1, 0.15) is 5.82 Å². The number of nitrogens with one attached hydrogen (secondary N) is 1. The predicted molar refractivity (Wildman–Crippen MR) is 76.4 cm³/mol. The van der Waals surface area contributed by atoms with Crippen LogP contribution in [0.25, 0.3) is 0 Å². The highest BCUT2D eigenvalue weighted by atomic mass is 32.2. The van der Waals surface area contributed by atoms with Gasteiger partial charge in [-0.15, -0.1) is 0 Å². The predicted octanol–water partition coefficient (Wildman–Crippen LogP) is 0.539. The molecular weight excluding hydrogens is 295 g/mol. The van der Waals surface area contributed by atoms with Crippen LogP contribution in [-0.2, 0) is 30.0 Å². The zero-order chi connectivity index (χ0) is 15.5. The quantitative estimate of drug-likeness (QED) is 0.814. The Labute approximate surface area is 122 Å². The van der Waals surface area contributed by atoms with E-state index in [1.807, 2.05) is 6.20 Å². The lowest BCUT2D eigenvalue weighted by Gasteiger charge is -2.10. The summed E-state index contributed by atoms with van der Waals surface area (Å²) in [6.45, 7) is 0.230. The highest BCUT2D eigenvalue weighted by Gasteiger charge is 2.18. The highest BCUT2D eigenvalue weighted by molar-refractivity contribution is 7.89. The van der Waals surface area contributed by atoms with E-state index in [1.54, 1.807) is 17.9 Å². The van der Waals surface area contributed by atoms with Crippen LogP contribution in [0.3, 0.4) is 0 Å². The first-order chi connectivity index (χ1) is 9.92. The molecular formula is C13H17FN4O2S. The minimum absolute atomic E-state index is 0.0269. The molecule has 1 aromatic carbocycles. The number of halogens is 1. The van der Waals surface area contributed by atoms with Crippen LogP contribution in [0.5, 0.6) is 0 Å². The molecule has 0 spiro atoms. The van der Waals surface area contributed by atoms with Crippen molar-refractivity contribution in [1.29, 1.82) is 0 Å². The van der Waals surface area contributed by atoms with Gasteiger partial charge in [0, 0.05) is 26.3 Å². The van der Waals surface area contributed by atoms with Crippen molar-refractivity contribution in [1.82, 2.24) is 14.5 Å². The van der Waals surface area contributed by atoms with Crippen LogP contribution < -0.4 is 10.5 Å². The zero-order valence-electron chi connectivity index (χ0n) is 11.6. The molecule has 2 aromatic rings. The van der Waals surface area contributed by atoms with Gasteiger partial charge >= 0.3 is 0 Å². The summed E-state index contributed by atoms with van der Waals surface area (Å²) in [6, 6.07) is 3.55. The molecule has 0 saturated carbocycles. The van der Waals surface area contributed by atoms with E-state index < -0.39 is 15.8 Å². The molecule has 6 nitrogen and oxygen atoms in total. The van der Waals surface area contributed by atoms with Crippen LogP contribution in [-0.4, -0.2) is 24.7 Å². The van der Waals surface area contributed by atoms with E-state index in [9.17, 15) is 12.8 Å². The summed E-state index contributed by atoms with van der Waals surface area (Å²) in [6.07, 6.45) is 3.98. The van der Waals surface area contributed by atoms with Crippen molar-refractivity contribution in [3.63, 3.8) is 0 Å². The summed E-state index contributed by atoms with van der Waals surface area (Å²) in [5, 5.41) is 4.00. The zero-order valence-corrected chi connectivity index (χ0v) is 12.4. The summed E-state index contributed by atoms with van der Waals surface area (Å²) in [5.41, 5.74) is 6.79. The van der Waals surface area contributed by atoms with Gasteiger partial charge in [-0.25, -0.2) is 17.5 Å². The molecule has 0 saturated heterocycles. The molecule has 21 heavy (non-hydrogen) atoms. The maximum Gasteiger partial charge on any atom is 0.241 e. The summed E-state index contributed by atoms with van der Waals surface area (Å²) in [5.74, 6) is -0.611. The van der Waals surface area contributed by atoms with Crippen molar-refractivity contribution in [2.75, 3.05) is 6.54 Å². The summed E-state index contributed by atoms with van der Waals surface area (Å²) < 4.78 is 41.8. The molecule has 0 aliphatic carbocycles. The van der Waals surface area contributed by atoms with Crippen LogP contribution in [0.1, 0.15) is 11.1 Å². The third-order valence-corrected chi connectivity index (χ3v) is 4.55. The second-order valence-electron chi connectivity index (χ2n) is 4.63. The number of aromatic nitrogens is 2. The Kier molecular flexibility index (Phi) is 4.71. The first kappa shape index (κ1) is 15.6. The normalized spacial score (nSPS) is 11.8. The molecule has 0 amide bonds. The fourth-order valence-electron chi connectivity index (χ4n) is 1.96. The Morgan fingerprint density at radius 3 is 2.81 bits per heavy atom. The van der Waals surface area contributed by atoms with Crippen molar-refractivity contribution in [2.45, 2.75) is 17.9 Å². The minimum Gasteiger partial charge on any atom is -0.326 e. The summed E-state index contributed by atoms with van der Waals surface area (Å²) >= 11 is 0. The van der Waals surface area contributed by atoms with Crippen LogP contribution in [0.15, 0.2) is 35.5 Å². The van der Waals surface area contributed by atoms with Gasteiger partial charge in [0.15, 0.2) is 0 Å². The van der Waals surface area contributed by atoms with Gasteiger partial charge in [-0.05, 0) is 29.7 Å². The third-order valence-electron chi connectivity index (χ3n) is 3.00. The molecule has 0 unspecified atom stereocenters. The SMILES string of the molecule is Cn1cc(CCNS(=O)(=O)c2cc(F)ccc2CN)cn1. The average Bonchev–Trinajstić information content (AvgIpc) is 2.84. The van der Waals surface area contributed by atoms with Crippen molar-refractivity contribution in [2.24, 2.45) is 12.8 Å². The van der Waals surface area contributed by atoms with E-state index in [4.69, 9.17) is 5.73 Å². The van der Waals surface area contributed by atoms with Gasteiger partial charge in [-0.3, -0.25) is 4.68 Å². The molecule has 0 aliphatic heterocycles. The van der Waals surface area contributed by atoms with Crippen LogP contribution >= 0.6 is 0 Å². The van der Waals surface area contributed by atoms with Crippen LogP contribution in [0.4, 0.5) is 4.39 Å². The van der Waals surface area contributed by atoms with Crippen molar-refractivity contribution < 1.29 is 12.8 Å². The van der Waals surface area contributed by atoms with Gasteiger partial charge in [0.05, 0.1) is 11.1 Å². The van der Waals surface area contributed by atoms with Crippen LogP contribution in [0.2, 0.25) is 0 Å². The molecule has 3 N–H and O–H groups in total. The fourth-order valence-corrected chi connectivity index (χ4v) is 3.25. The topological polar surface area (TPSA) is 90.0 Å². The van der Waals surface area contributed by atoms with Crippen molar-refractivity contribution in [3.05, 3.63) is 47.5 Å². The smallest absolute Gasteiger partial charge is 0.241 e. The molecule has 0 fully saturated rings. The van der Waals surface area contributed by atoms with Gasteiger partial charge < -0.3 is 5.73 Å². The molecule has 0 aliphatic rings. The Hall–Kier alpha value is -1.77. The largest absolute Gasteiger partial charge is 0.326 e. The monoisotopic (exact) mass is 312 g/mol. The van der Waals surface area contributed by atoms with Crippen molar-refractivity contribution >= 4 is 10.0 Å². The number of hydrogen-bond acceptors (Lipinski definition) is 4. The number of sulfonamides is 1. The Balaban J connectivity index is 2.09. The molecule has 1 aromatic heterocycles. The molecule has 0 atom stereocenters. The summed E-state index contributed by atoms with van der Waals surface area (Å²) in [7, 11) is -2.00. The van der Waals surface area contributed by atoms with E-state index in [0.717, 1.165) is 11.6 Å². The first-order valence-corrected chi connectivity index (χ1v) is 7.86. The van der Waals surface area contributed by atoms with E-state index in [0.29, 0.717) is 12.0 Å². The Bertz CT molecular complexity index is 728. The molecule has 114 valence electrons. The Morgan fingerprint density at radius 2 is 2.19 bits per heavy atom. The second kappa shape index (κ2) is 6.33. The first-order valence-electron chi connectivity index (χ1n) is 6.38. The lowest BCUT2D eigenvalue weighted by molar-refractivity contribution is 0.576. The van der Waals surface area contributed by atoms with E-state index in [2.05, 4.69) is 9.82 Å². The number of hydrogen-bond donors (Lipinski definition) is 2. The molecule has 8 heteroatoms. The maximum atomic E-state index is 13.3. The molecule has 2 rings (SSSR count). The summed E-state index contributed by atoms with van der Waals surface area (Å²) in [4.78, 5) is -0.115. The lowest BCUT2D eigenvalue weighted by Crippen LogP contribution is -2.27. The van der Waals surface area contributed by atoms with Gasteiger partial charge in [0.25, 0.3) is 0 Å². The molecule has 0 bridgehead atoms. The number of aryl methyl sites for hydroxylation is 1. The van der Waals surface area contributed by atoms with Gasteiger partial charge in [-0.1, -0.05) is 6.07 Å². The van der Waals surface area contributed by atoms with Crippen molar-refractivity contribution in [3.8, 4) is 0 Å². The lowest BCUT2D eigenvalue weighted by atomic mass is 10.2. The van der Waals surface area contributed by atoms with E-state index in [1.165, 1.54) is 12.1 Å². The minimum atomic E-state index is -3.79. The molecule has 0 radical (unpaired) electrons. The number of nitrogens with two attached hydrogens (primary N) is 1. The van der Waals surface area contributed by atoms with Gasteiger partial charge in [-0.2, -0.15) is 5.10 Å². The standard InChI is InChI=1S/C13H17FN4O2S/c1-18-9-10(8-16-18)4-5-17-21(19,20)13-6-12(14)3-2-11(13)7-15/h2-3,6,8-9,17H,4-5,7,15H2,1H3. The third kappa shape index (κ3) is 3.87. The number of rotatable bonds is 6. The van der Waals surface area contributed by atoms with E-state index in [-0.39, 0.29) is 18.0 Å². The highest BCUT2D eigenvalue weighted by Crippen LogP contribution is 2.16. The maximum absolute atomic E-state index is 13.3. The Morgan fingerprint density at radius 1 is 1.43 bits per heavy atom. The number of benzene rings is 1.